The predicted molar refractivity (Wildman–Crippen MR) is 123 cm³/mol. The number of benzene rings is 2. The normalized spacial score (nSPS) is 15.1. The number of H-pyrrole nitrogens is 1. The molecule has 33 heavy (non-hydrogen) atoms. The third-order valence-electron chi connectivity index (χ3n) is 5.83. The van der Waals surface area contributed by atoms with Crippen molar-refractivity contribution < 1.29 is 23.8 Å². The molecule has 1 aliphatic rings. The number of carbonyl (C=O) groups is 2. The van der Waals surface area contributed by atoms with Crippen molar-refractivity contribution in [2.75, 3.05) is 13.2 Å². The molecule has 7 nitrogen and oxygen atoms in total. The van der Waals surface area contributed by atoms with Gasteiger partial charge in [0.25, 0.3) is 11.8 Å². The molecule has 8 heteroatoms. The first kappa shape index (κ1) is 21.1. The number of halogens is 1. The van der Waals surface area contributed by atoms with E-state index in [9.17, 15) is 19.1 Å². The summed E-state index contributed by atoms with van der Waals surface area (Å²) in [7, 11) is 0. The third-order valence-corrected chi connectivity index (χ3v) is 5.83. The predicted octanol–water partition coefficient (Wildman–Crippen LogP) is 3.23. The van der Waals surface area contributed by atoms with Crippen molar-refractivity contribution in [2.45, 2.75) is 19.6 Å². The number of hydrogen-bond acceptors (Lipinski definition) is 4. The fraction of sp³-hybridized carbons (Fsp3) is 0.200. The summed E-state index contributed by atoms with van der Waals surface area (Å²) in [6.07, 6.45) is 2.57. The Morgan fingerprint density at radius 1 is 1.06 bits per heavy atom. The Labute approximate surface area is 188 Å². The van der Waals surface area contributed by atoms with Crippen LogP contribution in [-0.4, -0.2) is 45.8 Å². The van der Waals surface area contributed by atoms with Gasteiger partial charge in [0.15, 0.2) is 0 Å². The minimum Gasteiger partial charge on any atom is -0.389 e. The highest BCUT2D eigenvalue weighted by Gasteiger charge is 2.35. The van der Waals surface area contributed by atoms with Gasteiger partial charge in [-0.15, -0.1) is 0 Å². The number of rotatable bonds is 7. The number of carbonyl (C=O) groups excluding carboxylic acids is 2. The van der Waals surface area contributed by atoms with Crippen LogP contribution in [0.3, 0.4) is 0 Å². The Kier molecular flexibility index (Phi) is 5.32. The molecular formula is C25H22FN3O4. The lowest BCUT2D eigenvalue weighted by atomic mass is 9.95. The van der Waals surface area contributed by atoms with Gasteiger partial charge in [0.05, 0.1) is 35.9 Å². The van der Waals surface area contributed by atoms with E-state index in [1.807, 2.05) is 31.2 Å². The molecule has 168 valence electrons. The number of nitrogens with one attached hydrogen (secondary N) is 2. The van der Waals surface area contributed by atoms with Crippen molar-refractivity contribution in [3.8, 4) is 0 Å². The van der Waals surface area contributed by atoms with E-state index in [-0.39, 0.29) is 24.3 Å². The van der Waals surface area contributed by atoms with Crippen molar-refractivity contribution in [1.82, 2.24) is 14.9 Å². The molecule has 0 saturated heterocycles. The summed E-state index contributed by atoms with van der Waals surface area (Å²) in [6, 6.07) is 11.8. The Bertz CT molecular complexity index is 1430. The first-order valence-corrected chi connectivity index (χ1v) is 10.7. The molecule has 0 spiro atoms. The summed E-state index contributed by atoms with van der Waals surface area (Å²) < 4.78 is 21.1. The fourth-order valence-corrected chi connectivity index (χ4v) is 4.40. The van der Waals surface area contributed by atoms with E-state index in [0.29, 0.717) is 28.6 Å². The lowest BCUT2D eigenvalue weighted by molar-refractivity contribution is -0.122. The van der Waals surface area contributed by atoms with Crippen LogP contribution in [0.2, 0.25) is 0 Å². The number of aliphatic hydroxyl groups excluding tert-OH is 1. The number of fused-ring (bicyclic) bond motifs is 2. The van der Waals surface area contributed by atoms with E-state index in [2.05, 4.69) is 10.3 Å². The largest absolute Gasteiger partial charge is 0.389 e. The zero-order valence-corrected chi connectivity index (χ0v) is 17.9. The van der Waals surface area contributed by atoms with Crippen LogP contribution in [0.15, 0.2) is 54.9 Å². The molecule has 0 radical (unpaired) electrons. The molecule has 4 aromatic rings. The van der Waals surface area contributed by atoms with E-state index in [1.54, 1.807) is 23.0 Å². The van der Waals surface area contributed by atoms with Gasteiger partial charge >= 0.3 is 0 Å². The summed E-state index contributed by atoms with van der Waals surface area (Å²) in [5.74, 6) is -1.44. The smallest absolute Gasteiger partial charge is 0.259 e. The second kappa shape index (κ2) is 8.31. The highest BCUT2D eigenvalue weighted by Crippen LogP contribution is 2.38. The number of imide groups is 1. The molecule has 3 N–H and O–H groups in total. The van der Waals surface area contributed by atoms with Gasteiger partial charge in [0.1, 0.15) is 5.82 Å². The molecule has 0 fully saturated rings. The highest BCUT2D eigenvalue weighted by atomic mass is 19.1. The second-order valence-corrected chi connectivity index (χ2v) is 7.95. The fourth-order valence-electron chi connectivity index (χ4n) is 4.40. The third kappa shape index (κ3) is 3.63. The number of ether oxygens (including phenoxy) is 1. The lowest BCUT2D eigenvalue weighted by Gasteiger charge is -2.12. The molecule has 1 aliphatic heterocycles. The van der Waals surface area contributed by atoms with Crippen LogP contribution >= 0.6 is 0 Å². The number of amides is 2. The van der Waals surface area contributed by atoms with Gasteiger partial charge in [-0.05, 0) is 31.2 Å². The molecule has 0 saturated carbocycles. The molecule has 0 aliphatic carbocycles. The minimum absolute atomic E-state index is 0.128. The first-order valence-electron chi connectivity index (χ1n) is 10.7. The Morgan fingerprint density at radius 3 is 2.61 bits per heavy atom. The minimum atomic E-state index is -0.822. The van der Waals surface area contributed by atoms with Crippen LogP contribution in [0.25, 0.3) is 33.0 Å². The lowest BCUT2D eigenvalue weighted by Crippen LogP contribution is -2.22. The zero-order chi connectivity index (χ0) is 23.1. The van der Waals surface area contributed by atoms with Gasteiger partial charge in [0.2, 0.25) is 0 Å². The maximum absolute atomic E-state index is 14.1. The molecule has 5 rings (SSSR count). The van der Waals surface area contributed by atoms with Gasteiger partial charge in [0, 0.05) is 46.4 Å². The quantitative estimate of drug-likeness (QED) is 0.379. The molecule has 2 amide bonds. The monoisotopic (exact) mass is 447 g/mol. The molecule has 2 aromatic heterocycles. The second-order valence-electron chi connectivity index (χ2n) is 7.95. The average molecular weight is 447 g/mol. The number of aromatic amines is 1. The van der Waals surface area contributed by atoms with Crippen LogP contribution in [0.1, 0.15) is 18.1 Å². The van der Waals surface area contributed by atoms with E-state index in [0.717, 1.165) is 10.9 Å². The summed E-state index contributed by atoms with van der Waals surface area (Å²) >= 11 is 0. The number of aliphatic hydroxyl groups is 1. The van der Waals surface area contributed by atoms with Gasteiger partial charge in [-0.1, -0.05) is 18.2 Å². The summed E-state index contributed by atoms with van der Waals surface area (Å²) in [5, 5.41) is 14.2. The van der Waals surface area contributed by atoms with Crippen LogP contribution < -0.4 is 5.32 Å². The highest BCUT2D eigenvalue weighted by molar-refractivity contribution is 6.50. The topological polar surface area (TPSA) is 96.3 Å². The maximum Gasteiger partial charge on any atom is 0.259 e. The Balaban J connectivity index is 1.71. The molecule has 3 heterocycles. The van der Waals surface area contributed by atoms with E-state index >= 15 is 0 Å². The molecular weight excluding hydrogens is 425 g/mol. The van der Waals surface area contributed by atoms with Gasteiger partial charge in [-0.3, -0.25) is 14.9 Å². The van der Waals surface area contributed by atoms with Crippen molar-refractivity contribution in [3.63, 3.8) is 0 Å². The number of para-hydroxylation sites is 1. The SMILES string of the molecule is CCOCC(O)Cn1cc(C2=C(c3c[nH]c4ccccc34)C(=O)NC2=O)c2ccc(F)cc21. The van der Waals surface area contributed by atoms with Crippen molar-refractivity contribution in [3.05, 3.63) is 71.8 Å². The van der Waals surface area contributed by atoms with Gasteiger partial charge in [-0.25, -0.2) is 4.39 Å². The van der Waals surface area contributed by atoms with E-state index < -0.39 is 23.7 Å². The van der Waals surface area contributed by atoms with Gasteiger partial charge < -0.3 is 19.4 Å². The number of hydrogen-bond donors (Lipinski definition) is 3. The molecule has 1 unspecified atom stereocenters. The summed E-state index contributed by atoms with van der Waals surface area (Å²) in [4.78, 5) is 29.0. The van der Waals surface area contributed by atoms with Crippen LogP contribution in [0.4, 0.5) is 4.39 Å². The maximum atomic E-state index is 14.1. The number of nitrogens with zero attached hydrogens (tertiary/aromatic N) is 1. The zero-order valence-electron chi connectivity index (χ0n) is 17.9. The summed E-state index contributed by atoms with van der Waals surface area (Å²) in [5.41, 5.74) is 2.95. The van der Waals surface area contributed by atoms with Crippen LogP contribution in [-0.2, 0) is 20.9 Å². The number of aromatic nitrogens is 2. The van der Waals surface area contributed by atoms with Crippen molar-refractivity contribution >= 4 is 44.8 Å². The van der Waals surface area contributed by atoms with Crippen LogP contribution in [0.5, 0.6) is 0 Å². The van der Waals surface area contributed by atoms with E-state index in [1.165, 1.54) is 12.1 Å². The van der Waals surface area contributed by atoms with Crippen LogP contribution in [0, 0.1) is 5.82 Å². The molecule has 0 bridgehead atoms. The molecule has 1 atom stereocenters. The van der Waals surface area contributed by atoms with E-state index in [4.69, 9.17) is 4.74 Å². The average Bonchev–Trinajstić information content (AvgIpc) is 3.45. The Morgan fingerprint density at radius 2 is 1.82 bits per heavy atom. The Hall–Kier alpha value is -3.75. The summed E-state index contributed by atoms with van der Waals surface area (Å²) in [6.45, 7) is 2.57. The molecule has 2 aromatic carbocycles. The van der Waals surface area contributed by atoms with Gasteiger partial charge in [-0.2, -0.15) is 0 Å². The first-order chi connectivity index (χ1) is 16.0. The van der Waals surface area contributed by atoms with Crippen molar-refractivity contribution in [1.29, 1.82) is 0 Å². The van der Waals surface area contributed by atoms with Crippen molar-refractivity contribution in [2.24, 2.45) is 0 Å². The standard InChI is InChI=1S/C25H22FN3O4/c1-2-33-13-15(30)11-29-12-19(17-8-7-14(26)9-21(17)29)23-22(24(31)28-25(23)32)18-10-27-20-6-4-3-5-16(18)20/h3-10,12,15,27,30H,2,11,13H2,1H3,(H,28,31,32).